The summed E-state index contributed by atoms with van der Waals surface area (Å²) in [5.41, 5.74) is 0.378. The molecule has 0 spiro atoms. The van der Waals surface area contributed by atoms with Crippen LogP contribution in [0.3, 0.4) is 0 Å². The number of amides is 2. The summed E-state index contributed by atoms with van der Waals surface area (Å²) in [6, 6.07) is 6.23. The molecule has 0 radical (unpaired) electrons. The van der Waals surface area contributed by atoms with Gasteiger partial charge in [-0.15, -0.1) is 0 Å². The first-order chi connectivity index (χ1) is 8.08. The van der Waals surface area contributed by atoms with Crippen LogP contribution in [0.1, 0.15) is 6.92 Å². The van der Waals surface area contributed by atoms with Crippen LogP contribution in [0.4, 0.5) is 5.69 Å². The number of hydrogen-bond acceptors (Lipinski definition) is 4. The molecule has 1 aliphatic rings. The number of ether oxygens (including phenoxy) is 1. The minimum atomic E-state index is -0.459. The van der Waals surface area contributed by atoms with E-state index in [0.717, 1.165) is 4.90 Å². The normalized spacial score (nSPS) is 14.3. The van der Waals surface area contributed by atoms with Gasteiger partial charge in [0.05, 0.1) is 5.69 Å². The van der Waals surface area contributed by atoms with E-state index in [1.807, 2.05) is 0 Å². The maximum absolute atomic E-state index is 11.4. The monoisotopic (exact) mass is 231 g/mol. The molecule has 0 unspecified atom stereocenters. The second-order valence-corrected chi connectivity index (χ2v) is 3.44. The number of carbonyl (C=O) groups is 3. The molecule has 0 N–H and O–H groups in total. The highest BCUT2D eigenvalue weighted by Gasteiger charge is 2.25. The van der Waals surface area contributed by atoms with Crippen LogP contribution in [-0.2, 0) is 14.4 Å². The Hall–Kier alpha value is -2.43. The number of nitrogens with zero attached hydrogens (tertiary/aromatic N) is 1. The van der Waals surface area contributed by atoms with Gasteiger partial charge in [-0.1, -0.05) is 6.07 Å². The third-order valence-electron chi connectivity index (χ3n) is 2.15. The molecule has 0 atom stereocenters. The van der Waals surface area contributed by atoms with Gasteiger partial charge in [-0.25, -0.2) is 4.90 Å². The van der Waals surface area contributed by atoms with Gasteiger partial charge in [0.25, 0.3) is 11.8 Å². The van der Waals surface area contributed by atoms with Crippen molar-refractivity contribution in [1.82, 2.24) is 0 Å². The van der Waals surface area contributed by atoms with Crippen molar-refractivity contribution < 1.29 is 19.1 Å². The summed E-state index contributed by atoms with van der Waals surface area (Å²) in [4.78, 5) is 34.7. The van der Waals surface area contributed by atoms with Crippen molar-refractivity contribution >= 4 is 23.5 Å². The summed E-state index contributed by atoms with van der Waals surface area (Å²) in [6.07, 6.45) is 2.39. The van der Waals surface area contributed by atoms with Gasteiger partial charge in [-0.3, -0.25) is 14.4 Å². The molecule has 5 heteroatoms. The van der Waals surface area contributed by atoms with Crippen LogP contribution in [0.15, 0.2) is 36.4 Å². The predicted octanol–water partition coefficient (Wildman–Crippen LogP) is 1.04. The zero-order chi connectivity index (χ0) is 12.4. The number of benzene rings is 1. The van der Waals surface area contributed by atoms with Crippen molar-refractivity contribution in [1.29, 1.82) is 0 Å². The summed E-state index contributed by atoms with van der Waals surface area (Å²) < 4.78 is 4.88. The summed E-state index contributed by atoms with van der Waals surface area (Å²) in [5, 5.41) is 0. The highest BCUT2D eigenvalue weighted by molar-refractivity contribution is 6.28. The van der Waals surface area contributed by atoms with Crippen LogP contribution >= 0.6 is 0 Å². The molecular weight excluding hydrogens is 222 g/mol. The van der Waals surface area contributed by atoms with Gasteiger partial charge < -0.3 is 4.74 Å². The Morgan fingerprint density at radius 3 is 2.41 bits per heavy atom. The maximum atomic E-state index is 11.4. The molecule has 2 amide bonds. The van der Waals surface area contributed by atoms with Crippen molar-refractivity contribution in [2.75, 3.05) is 4.90 Å². The van der Waals surface area contributed by atoms with E-state index in [1.165, 1.54) is 25.1 Å². The molecule has 0 aliphatic carbocycles. The lowest BCUT2D eigenvalue weighted by molar-refractivity contribution is -0.131. The molecule has 1 aromatic carbocycles. The first-order valence-electron chi connectivity index (χ1n) is 4.92. The first-order valence-corrected chi connectivity index (χ1v) is 4.92. The Bertz CT molecular complexity index is 515. The molecule has 0 bridgehead atoms. The number of esters is 1. The third-order valence-corrected chi connectivity index (χ3v) is 2.15. The van der Waals surface area contributed by atoms with Crippen LogP contribution in [0, 0.1) is 0 Å². The molecule has 5 nitrogen and oxygen atoms in total. The summed E-state index contributed by atoms with van der Waals surface area (Å²) in [7, 11) is 0. The average molecular weight is 231 g/mol. The van der Waals surface area contributed by atoms with Crippen molar-refractivity contribution in [2.45, 2.75) is 6.92 Å². The fourth-order valence-electron chi connectivity index (χ4n) is 1.51. The van der Waals surface area contributed by atoms with E-state index in [4.69, 9.17) is 4.74 Å². The number of imide groups is 1. The SMILES string of the molecule is CC(=O)Oc1cccc(N2C(=O)C=CC2=O)c1. The molecule has 1 aromatic rings. The average Bonchev–Trinajstić information content (AvgIpc) is 2.58. The molecule has 1 aliphatic heterocycles. The molecule has 0 fully saturated rings. The molecule has 0 saturated heterocycles. The van der Waals surface area contributed by atoms with Crippen LogP contribution in [-0.4, -0.2) is 17.8 Å². The lowest BCUT2D eigenvalue weighted by atomic mass is 10.2. The number of rotatable bonds is 2. The van der Waals surface area contributed by atoms with Crippen molar-refractivity contribution in [3.63, 3.8) is 0 Å². The molecular formula is C12H9NO4. The lowest BCUT2D eigenvalue weighted by Gasteiger charge is -2.14. The number of carbonyl (C=O) groups excluding carboxylic acids is 3. The van der Waals surface area contributed by atoms with E-state index in [0.29, 0.717) is 11.4 Å². The quantitative estimate of drug-likeness (QED) is 0.433. The van der Waals surface area contributed by atoms with E-state index >= 15 is 0 Å². The van der Waals surface area contributed by atoms with E-state index in [2.05, 4.69) is 0 Å². The molecule has 1 heterocycles. The Labute approximate surface area is 97.3 Å². The maximum Gasteiger partial charge on any atom is 0.308 e. The van der Waals surface area contributed by atoms with E-state index in [-0.39, 0.29) is 0 Å². The minimum absolute atomic E-state index is 0.294. The second-order valence-electron chi connectivity index (χ2n) is 3.44. The van der Waals surface area contributed by atoms with E-state index < -0.39 is 17.8 Å². The fourth-order valence-corrected chi connectivity index (χ4v) is 1.51. The summed E-state index contributed by atoms with van der Waals surface area (Å²) in [6.45, 7) is 1.28. The van der Waals surface area contributed by atoms with Gasteiger partial charge in [0, 0.05) is 25.1 Å². The predicted molar refractivity (Wildman–Crippen MR) is 59.4 cm³/mol. The highest BCUT2D eigenvalue weighted by Crippen LogP contribution is 2.23. The summed E-state index contributed by atoms with van der Waals surface area (Å²) >= 11 is 0. The van der Waals surface area contributed by atoms with Crippen molar-refractivity contribution in [3.8, 4) is 5.75 Å². The molecule has 86 valence electrons. The lowest BCUT2D eigenvalue weighted by Crippen LogP contribution is -2.29. The van der Waals surface area contributed by atoms with Crippen molar-refractivity contribution in [3.05, 3.63) is 36.4 Å². The summed E-state index contributed by atoms with van der Waals surface area (Å²) in [5.74, 6) is -0.980. The van der Waals surface area contributed by atoms with Crippen LogP contribution in [0.5, 0.6) is 5.75 Å². The number of hydrogen-bond donors (Lipinski definition) is 0. The van der Waals surface area contributed by atoms with E-state index in [1.54, 1.807) is 18.2 Å². The third kappa shape index (κ3) is 2.23. The minimum Gasteiger partial charge on any atom is -0.427 e. The Morgan fingerprint density at radius 1 is 1.18 bits per heavy atom. The largest absolute Gasteiger partial charge is 0.427 e. The molecule has 0 saturated carbocycles. The standard InChI is InChI=1S/C12H9NO4/c1-8(14)17-10-4-2-3-9(7-10)13-11(15)5-6-12(13)16/h2-7H,1H3. The van der Waals surface area contributed by atoms with Gasteiger partial charge in [0.15, 0.2) is 0 Å². The molecule has 0 aromatic heterocycles. The molecule has 2 rings (SSSR count). The molecule has 17 heavy (non-hydrogen) atoms. The zero-order valence-corrected chi connectivity index (χ0v) is 9.04. The van der Waals surface area contributed by atoms with Crippen LogP contribution in [0.25, 0.3) is 0 Å². The van der Waals surface area contributed by atoms with Gasteiger partial charge in [0.1, 0.15) is 5.75 Å². The first kappa shape index (κ1) is 11.1. The number of anilines is 1. The van der Waals surface area contributed by atoms with Crippen LogP contribution in [0.2, 0.25) is 0 Å². The topological polar surface area (TPSA) is 63.7 Å². The van der Waals surface area contributed by atoms with Gasteiger partial charge in [-0.2, -0.15) is 0 Å². The van der Waals surface area contributed by atoms with Gasteiger partial charge in [0.2, 0.25) is 0 Å². The van der Waals surface area contributed by atoms with E-state index in [9.17, 15) is 14.4 Å². The highest BCUT2D eigenvalue weighted by atomic mass is 16.5. The van der Waals surface area contributed by atoms with Gasteiger partial charge >= 0.3 is 5.97 Å². The Kier molecular flexibility index (Phi) is 2.74. The Morgan fingerprint density at radius 2 is 1.82 bits per heavy atom. The smallest absolute Gasteiger partial charge is 0.308 e. The van der Waals surface area contributed by atoms with Crippen LogP contribution < -0.4 is 9.64 Å². The second kappa shape index (κ2) is 4.21. The van der Waals surface area contributed by atoms with Gasteiger partial charge in [-0.05, 0) is 12.1 Å². The Balaban J connectivity index is 2.30. The zero-order valence-electron chi connectivity index (χ0n) is 9.04. The fraction of sp³-hybridized carbons (Fsp3) is 0.0833. The van der Waals surface area contributed by atoms with Crippen molar-refractivity contribution in [2.24, 2.45) is 0 Å².